The number of aromatic nitrogens is 2. The molecule has 0 N–H and O–H groups in total. The highest BCUT2D eigenvalue weighted by molar-refractivity contribution is 6.09. The van der Waals surface area contributed by atoms with Crippen LogP contribution in [0.1, 0.15) is 24.1 Å². The Balaban J connectivity index is 1.77. The first-order valence-corrected chi connectivity index (χ1v) is 9.08. The van der Waals surface area contributed by atoms with Gasteiger partial charge in [0.05, 0.1) is 16.7 Å². The van der Waals surface area contributed by atoms with Crippen molar-refractivity contribution >= 4 is 22.6 Å². The minimum absolute atomic E-state index is 0.204. The van der Waals surface area contributed by atoms with Crippen molar-refractivity contribution in [2.75, 3.05) is 11.4 Å². The van der Waals surface area contributed by atoms with Crippen LogP contribution in [0.2, 0.25) is 0 Å². The monoisotopic (exact) mass is 363 g/mol. The van der Waals surface area contributed by atoms with E-state index in [-0.39, 0.29) is 11.3 Å². The zero-order valence-electron chi connectivity index (χ0n) is 14.9. The van der Waals surface area contributed by atoms with Gasteiger partial charge < -0.3 is 9.47 Å². The van der Waals surface area contributed by atoms with Crippen molar-refractivity contribution < 1.29 is 9.18 Å². The molecule has 5 nitrogen and oxygen atoms in total. The first-order valence-electron chi connectivity index (χ1n) is 9.08. The van der Waals surface area contributed by atoms with Crippen LogP contribution in [0.4, 0.5) is 10.1 Å². The number of benzene rings is 2. The summed E-state index contributed by atoms with van der Waals surface area (Å²) >= 11 is 0. The molecule has 0 bridgehead atoms. The van der Waals surface area contributed by atoms with Crippen molar-refractivity contribution in [3.05, 3.63) is 70.1 Å². The molecule has 2 aromatic carbocycles. The molecular formula is C21H18FN3O2. The van der Waals surface area contributed by atoms with E-state index in [2.05, 4.69) is 4.98 Å². The first kappa shape index (κ1) is 16.2. The largest absolute Gasteiger partial charge is 0.308 e. The molecule has 1 amide bonds. The minimum Gasteiger partial charge on any atom is -0.308 e. The topological polar surface area (TPSA) is 55.2 Å². The van der Waals surface area contributed by atoms with E-state index in [1.54, 1.807) is 55.6 Å². The average Bonchev–Trinajstić information content (AvgIpc) is 3.49. The standard InChI is InChI=1S/C21H18FN3O2/c1-24-17-9-5-3-7-15(17)23-18(19(24)26)21(22)14-6-2-4-8-16(14)25(20(21)27)12-13-10-11-13/h2-9,13H,10-12H2,1H3/t21-/m1/s1. The molecule has 1 aromatic heterocycles. The minimum atomic E-state index is -2.57. The zero-order chi connectivity index (χ0) is 18.8. The lowest BCUT2D eigenvalue weighted by Gasteiger charge is -2.21. The van der Waals surface area contributed by atoms with Crippen LogP contribution in [0.25, 0.3) is 11.0 Å². The summed E-state index contributed by atoms with van der Waals surface area (Å²) in [6, 6.07) is 13.8. The number of amides is 1. The average molecular weight is 363 g/mol. The summed E-state index contributed by atoms with van der Waals surface area (Å²) in [4.78, 5) is 32.0. The van der Waals surface area contributed by atoms with Gasteiger partial charge in [0.1, 0.15) is 0 Å². The molecule has 136 valence electrons. The lowest BCUT2D eigenvalue weighted by atomic mass is 9.93. The number of hydrogen-bond donors (Lipinski definition) is 0. The van der Waals surface area contributed by atoms with Crippen molar-refractivity contribution in [1.29, 1.82) is 0 Å². The van der Waals surface area contributed by atoms with Crippen LogP contribution in [0.15, 0.2) is 53.3 Å². The van der Waals surface area contributed by atoms with E-state index in [1.165, 1.54) is 9.47 Å². The summed E-state index contributed by atoms with van der Waals surface area (Å²) in [5, 5.41) is 0. The maximum Gasteiger partial charge on any atom is 0.276 e. The summed E-state index contributed by atoms with van der Waals surface area (Å²) < 4.78 is 17.8. The molecule has 5 rings (SSSR count). The molecule has 1 saturated carbocycles. The second kappa shape index (κ2) is 5.49. The van der Waals surface area contributed by atoms with E-state index >= 15 is 4.39 Å². The number of fused-ring (bicyclic) bond motifs is 2. The van der Waals surface area contributed by atoms with Crippen LogP contribution in [0, 0.1) is 5.92 Å². The molecule has 1 fully saturated rings. The Morgan fingerprint density at radius 3 is 2.59 bits per heavy atom. The van der Waals surface area contributed by atoms with E-state index in [4.69, 9.17) is 0 Å². The van der Waals surface area contributed by atoms with Gasteiger partial charge >= 0.3 is 0 Å². The number of anilines is 1. The van der Waals surface area contributed by atoms with Crippen LogP contribution in [-0.2, 0) is 17.5 Å². The molecule has 0 radical (unpaired) electrons. The normalized spacial score (nSPS) is 21.7. The van der Waals surface area contributed by atoms with Crippen LogP contribution >= 0.6 is 0 Å². The Hall–Kier alpha value is -3.02. The van der Waals surface area contributed by atoms with Crippen molar-refractivity contribution in [1.82, 2.24) is 9.55 Å². The third kappa shape index (κ3) is 2.19. The summed E-state index contributed by atoms with van der Waals surface area (Å²) in [5.41, 5.74) is -1.69. The molecule has 1 aliphatic heterocycles. The van der Waals surface area contributed by atoms with Gasteiger partial charge in [-0.15, -0.1) is 0 Å². The van der Waals surface area contributed by atoms with E-state index in [9.17, 15) is 9.59 Å². The number of halogens is 1. The molecule has 6 heteroatoms. The molecule has 27 heavy (non-hydrogen) atoms. The highest BCUT2D eigenvalue weighted by Gasteiger charge is 2.56. The smallest absolute Gasteiger partial charge is 0.276 e. The van der Waals surface area contributed by atoms with Gasteiger partial charge in [0.15, 0.2) is 5.69 Å². The fourth-order valence-electron chi connectivity index (χ4n) is 3.88. The molecule has 1 aliphatic carbocycles. The number of rotatable bonds is 3. The number of para-hydroxylation sites is 3. The number of hydrogen-bond acceptors (Lipinski definition) is 3. The summed E-state index contributed by atoms with van der Waals surface area (Å²) in [6.07, 6.45) is 2.09. The number of alkyl halides is 1. The van der Waals surface area contributed by atoms with Crippen molar-refractivity contribution in [3.8, 4) is 0 Å². The number of aryl methyl sites for hydroxylation is 1. The molecule has 0 saturated heterocycles. The van der Waals surface area contributed by atoms with Crippen molar-refractivity contribution in [3.63, 3.8) is 0 Å². The zero-order valence-corrected chi connectivity index (χ0v) is 14.9. The second-order valence-corrected chi connectivity index (χ2v) is 7.35. The first-order chi connectivity index (χ1) is 13.0. The molecule has 1 atom stereocenters. The van der Waals surface area contributed by atoms with Crippen LogP contribution in [0.3, 0.4) is 0 Å². The highest BCUT2D eigenvalue weighted by Crippen LogP contribution is 2.47. The lowest BCUT2D eigenvalue weighted by Crippen LogP contribution is -2.43. The predicted octanol–water partition coefficient (Wildman–Crippen LogP) is 2.90. The maximum absolute atomic E-state index is 16.5. The number of carbonyl (C=O) groups is 1. The Kier molecular flexibility index (Phi) is 3.29. The van der Waals surface area contributed by atoms with Gasteiger partial charge in [-0.1, -0.05) is 30.3 Å². The summed E-state index contributed by atoms with van der Waals surface area (Å²) in [5.74, 6) is -0.313. The van der Waals surface area contributed by atoms with E-state index < -0.39 is 17.1 Å². The van der Waals surface area contributed by atoms with Gasteiger partial charge in [0, 0.05) is 19.2 Å². The molecule has 0 unspecified atom stereocenters. The Labute approximate surface area is 155 Å². The third-order valence-corrected chi connectivity index (χ3v) is 5.55. The highest BCUT2D eigenvalue weighted by atomic mass is 19.1. The molecule has 0 spiro atoms. The van der Waals surface area contributed by atoms with E-state index in [1.807, 2.05) is 0 Å². The van der Waals surface area contributed by atoms with E-state index in [0.29, 0.717) is 29.2 Å². The molecular weight excluding hydrogens is 345 g/mol. The summed E-state index contributed by atoms with van der Waals surface area (Å²) in [6.45, 7) is 0.482. The maximum atomic E-state index is 16.5. The van der Waals surface area contributed by atoms with Gasteiger partial charge in [0.25, 0.3) is 17.1 Å². The Morgan fingerprint density at radius 1 is 1.11 bits per heavy atom. The fraction of sp³-hybridized carbons (Fsp3) is 0.286. The van der Waals surface area contributed by atoms with Crippen LogP contribution < -0.4 is 10.5 Å². The van der Waals surface area contributed by atoms with E-state index in [0.717, 1.165) is 12.8 Å². The summed E-state index contributed by atoms with van der Waals surface area (Å²) in [7, 11) is 1.58. The van der Waals surface area contributed by atoms with Crippen molar-refractivity contribution in [2.24, 2.45) is 13.0 Å². The van der Waals surface area contributed by atoms with Gasteiger partial charge in [-0.2, -0.15) is 0 Å². The van der Waals surface area contributed by atoms with Gasteiger partial charge in [-0.3, -0.25) is 9.59 Å². The number of carbonyl (C=O) groups excluding carboxylic acids is 1. The fourth-order valence-corrected chi connectivity index (χ4v) is 3.88. The van der Waals surface area contributed by atoms with Gasteiger partial charge in [-0.05, 0) is 37.0 Å². The third-order valence-electron chi connectivity index (χ3n) is 5.55. The molecule has 3 aromatic rings. The quantitative estimate of drug-likeness (QED) is 0.719. The molecule has 2 aliphatic rings. The van der Waals surface area contributed by atoms with Crippen molar-refractivity contribution in [2.45, 2.75) is 18.5 Å². The lowest BCUT2D eigenvalue weighted by molar-refractivity contribution is -0.127. The second-order valence-electron chi connectivity index (χ2n) is 7.35. The van der Waals surface area contributed by atoms with Gasteiger partial charge in [-0.25, -0.2) is 9.37 Å². The number of nitrogens with zero attached hydrogens (tertiary/aromatic N) is 3. The van der Waals surface area contributed by atoms with Crippen LogP contribution in [-0.4, -0.2) is 22.0 Å². The van der Waals surface area contributed by atoms with Gasteiger partial charge in [0.2, 0.25) is 0 Å². The molecule has 2 heterocycles. The Bertz CT molecular complexity index is 1150. The predicted molar refractivity (Wildman–Crippen MR) is 100 cm³/mol. The Morgan fingerprint density at radius 2 is 1.81 bits per heavy atom. The van der Waals surface area contributed by atoms with Crippen LogP contribution in [0.5, 0.6) is 0 Å². The SMILES string of the molecule is Cn1c(=O)c([C@@]2(F)C(=O)N(CC3CC3)c3ccccc32)nc2ccccc21.